The number of halogens is 2. The van der Waals surface area contributed by atoms with Crippen molar-refractivity contribution in [3.8, 4) is 0 Å². The predicted octanol–water partition coefficient (Wildman–Crippen LogP) is 1.72. The molecule has 0 spiro atoms. The maximum absolute atomic E-state index is 12.5. The Morgan fingerprint density at radius 1 is 1.23 bits per heavy atom. The monoisotopic (exact) mass is 336 g/mol. The van der Waals surface area contributed by atoms with Crippen LogP contribution in [0, 0.1) is 11.8 Å². The molecule has 0 bridgehead atoms. The third-order valence-electron chi connectivity index (χ3n) is 4.36. The first-order chi connectivity index (χ1) is 10.4. The van der Waals surface area contributed by atoms with E-state index in [4.69, 9.17) is 0 Å². The van der Waals surface area contributed by atoms with Crippen LogP contribution in [0.2, 0.25) is 0 Å². The van der Waals surface area contributed by atoms with Crippen LogP contribution in [-0.2, 0) is 14.8 Å². The molecule has 2 rings (SSSR count). The maximum atomic E-state index is 12.5. The van der Waals surface area contributed by atoms with Gasteiger partial charge in [-0.2, -0.15) is 13.1 Å². The minimum absolute atomic E-state index is 0.0179. The van der Waals surface area contributed by atoms with Gasteiger partial charge < -0.3 is 5.32 Å². The molecule has 0 unspecified atom stereocenters. The van der Waals surface area contributed by atoms with Crippen molar-refractivity contribution in [2.75, 3.05) is 19.6 Å². The van der Waals surface area contributed by atoms with Gasteiger partial charge in [-0.15, -0.1) is 0 Å². The highest BCUT2D eigenvalue weighted by molar-refractivity contribution is 7.89. The molecule has 1 aliphatic heterocycles. The lowest BCUT2D eigenvalue weighted by Crippen LogP contribution is -2.44. The van der Waals surface area contributed by atoms with E-state index < -0.39 is 15.8 Å². The van der Waals surface area contributed by atoms with Crippen molar-refractivity contribution in [1.29, 1.82) is 0 Å². The first-order valence-electron chi connectivity index (χ1n) is 7.61. The summed E-state index contributed by atoms with van der Waals surface area (Å²) in [6.45, 7) is 0.681. The maximum Gasteiger partial charge on any atom is 0.350 e. The highest BCUT2D eigenvalue weighted by Gasteiger charge is 2.34. The van der Waals surface area contributed by atoms with Gasteiger partial charge in [0, 0.05) is 25.6 Å². The second-order valence-corrected chi connectivity index (χ2v) is 7.78. The van der Waals surface area contributed by atoms with Crippen molar-refractivity contribution in [2.45, 2.75) is 37.9 Å². The van der Waals surface area contributed by atoms with Gasteiger partial charge in [0.15, 0.2) is 0 Å². The second-order valence-electron chi connectivity index (χ2n) is 5.87. The minimum atomic E-state index is -4.47. The van der Waals surface area contributed by atoms with E-state index in [9.17, 15) is 22.0 Å². The zero-order valence-corrected chi connectivity index (χ0v) is 13.2. The Morgan fingerprint density at radius 3 is 2.45 bits per heavy atom. The fourth-order valence-electron chi connectivity index (χ4n) is 2.90. The van der Waals surface area contributed by atoms with Crippen molar-refractivity contribution in [3.05, 3.63) is 12.2 Å². The largest absolute Gasteiger partial charge is 0.356 e. The fourth-order valence-corrected chi connectivity index (χ4v) is 3.85. The molecule has 0 aromatic rings. The number of amides is 1. The molecular formula is C14H22F2N2O3S. The van der Waals surface area contributed by atoms with Crippen LogP contribution in [0.1, 0.15) is 32.1 Å². The summed E-state index contributed by atoms with van der Waals surface area (Å²) in [5, 5.41) is 2.91. The third-order valence-corrected chi connectivity index (χ3v) is 5.90. The van der Waals surface area contributed by atoms with Crippen LogP contribution >= 0.6 is 0 Å². The molecule has 1 amide bonds. The van der Waals surface area contributed by atoms with Crippen molar-refractivity contribution in [1.82, 2.24) is 9.62 Å². The molecule has 0 radical (unpaired) electrons. The number of rotatable bonds is 5. The van der Waals surface area contributed by atoms with Crippen LogP contribution < -0.4 is 5.32 Å². The minimum Gasteiger partial charge on any atom is -0.356 e. The summed E-state index contributed by atoms with van der Waals surface area (Å²) in [7, 11) is -4.47. The van der Waals surface area contributed by atoms with Gasteiger partial charge in [0.05, 0.1) is 0 Å². The molecule has 22 heavy (non-hydrogen) atoms. The normalized spacial score (nSPS) is 24.6. The summed E-state index contributed by atoms with van der Waals surface area (Å²) in [4.78, 5) is 12.0. The van der Waals surface area contributed by atoms with Crippen LogP contribution in [0.5, 0.6) is 0 Å². The zero-order chi connectivity index (χ0) is 16.2. The molecule has 1 saturated heterocycles. The highest BCUT2D eigenvalue weighted by atomic mass is 32.2. The van der Waals surface area contributed by atoms with Gasteiger partial charge in [0.1, 0.15) is 0 Å². The average molecular weight is 336 g/mol. The summed E-state index contributed by atoms with van der Waals surface area (Å²) in [6, 6.07) is 0. The Labute approximate surface area is 129 Å². The van der Waals surface area contributed by atoms with Gasteiger partial charge in [-0.25, -0.2) is 8.42 Å². The number of nitrogens with one attached hydrogen (secondary N) is 1. The summed E-state index contributed by atoms with van der Waals surface area (Å²) in [5.74, 6) is -3.16. The number of allylic oxidation sites excluding steroid dienone is 2. The molecule has 1 fully saturated rings. The molecule has 1 N–H and O–H groups in total. The van der Waals surface area contributed by atoms with E-state index in [0.29, 0.717) is 19.4 Å². The lowest BCUT2D eigenvalue weighted by Gasteiger charge is -2.31. The third kappa shape index (κ3) is 4.25. The quantitative estimate of drug-likeness (QED) is 0.778. The Bertz CT molecular complexity index is 514. The molecular weight excluding hydrogens is 314 g/mol. The van der Waals surface area contributed by atoms with Gasteiger partial charge in [-0.05, 0) is 38.0 Å². The number of alkyl halides is 2. The van der Waals surface area contributed by atoms with Crippen LogP contribution in [0.25, 0.3) is 0 Å². The standard InChI is InChI=1S/C14H22F2N2O3S/c15-14(16)22(20,21)18-8-6-11(7-9-18)10-17-13(19)12-4-2-1-3-5-12/h1-2,11-12,14H,3-10H2,(H,17,19)/t12-/m1/s1. The zero-order valence-electron chi connectivity index (χ0n) is 12.4. The number of hydrogen-bond donors (Lipinski definition) is 1. The SMILES string of the molecule is O=C(NCC1CCN(S(=O)(=O)C(F)F)CC1)[C@@H]1CC=CCC1. The number of sulfonamides is 1. The van der Waals surface area contributed by atoms with Crippen molar-refractivity contribution in [3.63, 3.8) is 0 Å². The lowest BCUT2D eigenvalue weighted by atomic mass is 9.93. The Hall–Kier alpha value is -1.02. The molecule has 1 heterocycles. The van der Waals surface area contributed by atoms with E-state index in [1.54, 1.807) is 0 Å². The van der Waals surface area contributed by atoms with Gasteiger partial charge in [0.25, 0.3) is 10.0 Å². The number of hydrogen-bond acceptors (Lipinski definition) is 3. The summed E-state index contributed by atoms with van der Waals surface area (Å²) in [5.41, 5.74) is 0. The van der Waals surface area contributed by atoms with Gasteiger partial charge in [0.2, 0.25) is 5.91 Å². The molecule has 0 aromatic carbocycles. The average Bonchev–Trinajstić information content (AvgIpc) is 2.53. The molecule has 0 saturated carbocycles. The van der Waals surface area contributed by atoms with E-state index in [1.165, 1.54) is 0 Å². The van der Waals surface area contributed by atoms with Crippen molar-refractivity contribution >= 4 is 15.9 Å². The topological polar surface area (TPSA) is 66.5 Å². The van der Waals surface area contributed by atoms with Crippen LogP contribution in [0.15, 0.2) is 12.2 Å². The molecule has 1 atom stereocenters. The fraction of sp³-hybridized carbons (Fsp3) is 0.786. The Morgan fingerprint density at radius 2 is 1.91 bits per heavy atom. The molecule has 8 heteroatoms. The van der Waals surface area contributed by atoms with Gasteiger partial charge in [-0.3, -0.25) is 4.79 Å². The number of carbonyl (C=O) groups is 1. The summed E-state index contributed by atoms with van der Waals surface area (Å²) in [6.07, 6.45) is 7.62. The van der Waals surface area contributed by atoms with E-state index >= 15 is 0 Å². The van der Waals surface area contributed by atoms with Crippen LogP contribution in [-0.4, -0.2) is 44.0 Å². The van der Waals surface area contributed by atoms with E-state index in [-0.39, 0.29) is 30.8 Å². The second kappa shape index (κ2) is 7.50. The van der Waals surface area contributed by atoms with Crippen LogP contribution in [0.4, 0.5) is 8.78 Å². The molecule has 5 nitrogen and oxygen atoms in total. The smallest absolute Gasteiger partial charge is 0.350 e. The molecule has 2 aliphatic rings. The van der Waals surface area contributed by atoms with Crippen molar-refractivity contribution < 1.29 is 22.0 Å². The molecule has 1 aliphatic carbocycles. The van der Waals surface area contributed by atoms with Crippen molar-refractivity contribution in [2.24, 2.45) is 11.8 Å². The van der Waals surface area contributed by atoms with Gasteiger partial charge in [-0.1, -0.05) is 12.2 Å². The lowest BCUT2D eigenvalue weighted by molar-refractivity contribution is -0.125. The van der Waals surface area contributed by atoms with E-state index in [0.717, 1.165) is 23.6 Å². The Balaban J connectivity index is 1.74. The first kappa shape index (κ1) is 17.3. The van der Waals surface area contributed by atoms with Gasteiger partial charge >= 0.3 is 5.76 Å². The van der Waals surface area contributed by atoms with Crippen LogP contribution in [0.3, 0.4) is 0 Å². The van der Waals surface area contributed by atoms with E-state index in [1.807, 2.05) is 6.08 Å². The predicted molar refractivity (Wildman–Crippen MR) is 78.7 cm³/mol. The van der Waals surface area contributed by atoms with E-state index in [2.05, 4.69) is 11.4 Å². The number of carbonyl (C=O) groups excluding carboxylic acids is 1. The number of piperidine rings is 1. The summed E-state index contributed by atoms with van der Waals surface area (Å²) < 4.78 is 48.5. The molecule has 126 valence electrons. The first-order valence-corrected chi connectivity index (χ1v) is 9.11. The summed E-state index contributed by atoms with van der Waals surface area (Å²) >= 11 is 0. The molecule has 0 aromatic heterocycles. The number of nitrogens with zero attached hydrogens (tertiary/aromatic N) is 1. The highest BCUT2D eigenvalue weighted by Crippen LogP contribution is 2.23. The Kier molecular flexibility index (Phi) is 5.91.